The molecule has 1 amide bonds. The van der Waals surface area contributed by atoms with Crippen molar-refractivity contribution in [3.63, 3.8) is 0 Å². The Hall–Kier alpha value is -1.84. The van der Waals surface area contributed by atoms with Crippen LogP contribution in [-0.2, 0) is 4.79 Å². The average molecular weight is 272 g/mol. The first kappa shape index (κ1) is 13.2. The number of amidine groups is 1. The molecular weight excluding hydrogens is 252 g/mol. The molecule has 0 aromatic heterocycles. The molecule has 1 aliphatic heterocycles. The highest BCUT2D eigenvalue weighted by atomic mass is 16.5. The number of ether oxygens (including phenoxy) is 1. The van der Waals surface area contributed by atoms with E-state index < -0.39 is 0 Å². The quantitative estimate of drug-likeness (QED) is 0.919. The fourth-order valence-electron chi connectivity index (χ4n) is 3.12. The second-order valence-corrected chi connectivity index (χ2v) is 5.95. The molecule has 106 valence electrons. The molecule has 0 bridgehead atoms. The van der Waals surface area contributed by atoms with Gasteiger partial charge in [-0.25, -0.2) is 0 Å². The zero-order valence-electron chi connectivity index (χ0n) is 12.0. The number of carbonyl (C=O) groups excluding carboxylic acids is 1. The van der Waals surface area contributed by atoms with Crippen molar-refractivity contribution in [2.24, 2.45) is 10.9 Å². The summed E-state index contributed by atoms with van der Waals surface area (Å²) >= 11 is 0. The predicted molar refractivity (Wildman–Crippen MR) is 78.0 cm³/mol. The molecule has 0 saturated heterocycles. The maximum atomic E-state index is 12.1. The number of amides is 1. The summed E-state index contributed by atoms with van der Waals surface area (Å²) in [6.07, 6.45) is 3.00. The topological polar surface area (TPSA) is 50.7 Å². The van der Waals surface area contributed by atoms with Gasteiger partial charge in [0, 0.05) is 0 Å². The van der Waals surface area contributed by atoms with Crippen LogP contribution < -0.4 is 10.1 Å². The molecule has 1 aromatic carbocycles. The van der Waals surface area contributed by atoms with Gasteiger partial charge in [0.25, 0.3) is 0 Å². The van der Waals surface area contributed by atoms with Crippen molar-refractivity contribution in [3.05, 3.63) is 29.8 Å². The average Bonchev–Trinajstić information content (AvgIpc) is 2.80. The van der Waals surface area contributed by atoms with E-state index in [1.807, 2.05) is 31.2 Å². The standard InChI is InChI=1S/C16H20N2O2/c1-11-5-7-12(8-6-11)20-10-14-17-15(19)13-4-3-9-16(13,2)18-14/h5-8,13H,3-4,9-10H2,1-2H3,(H,17,18,19). The lowest BCUT2D eigenvalue weighted by atomic mass is 9.87. The number of nitrogens with one attached hydrogen (secondary N) is 1. The van der Waals surface area contributed by atoms with E-state index in [1.165, 1.54) is 5.56 Å². The molecule has 1 aromatic rings. The molecular formula is C16H20N2O2. The van der Waals surface area contributed by atoms with Gasteiger partial charge in [-0.15, -0.1) is 0 Å². The van der Waals surface area contributed by atoms with Crippen molar-refractivity contribution >= 4 is 11.7 Å². The van der Waals surface area contributed by atoms with E-state index in [0.29, 0.717) is 12.4 Å². The summed E-state index contributed by atoms with van der Waals surface area (Å²) in [7, 11) is 0. The fraction of sp³-hybridized carbons (Fsp3) is 0.500. The molecule has 4 nitrogen and oxygen atoms in total. The van der Waals surface area contributed by atoms with Gasteiger partial charge in [0.15, 0.2) is 0 Å². The molecule has 1 heterocycles. The van der Waals surface area contributed by atoms with E-state index in [2.05, 4.69) is 12.2 Å². The molecule has 1 N–H and O–H groups in total. The van der Waals surface area contributed by atoms with Gasteiger partial charge in [-0.2, -0.15) is 0 Å². The van der Waals surface area contributed by atoms with Crippen molar-refractivity contribution in [2.75, 3.05) is 6.61 Å². The van der Waals surface area contributed by atoms with Crippen LogP contribution in [0, 0.1) is 12.8 Å². The minimum Gasteiger partial charge on any atom is -0.486 e. The third kappa shape index (κ3) is 2.42. The summed E-state index contributed by atoms with van der Waals surface area (Å²) in [5.74, 6) is 1.58. The molecule has 2 unspecified atom stereocenters. The Kier molecular flexibility index (Phi) is 3.24. The normalized spacial score (nSPS) is 28.6. The van der Waals surface area contributed by atoms with Crippen LogP contribution >= 0.6 is 0 Å². The Morgan fingerprint density at radius 3 is 2.90 bits per heavy atom. The number of aryl methyl sites for hydroxylation is 1. The Balaban J connectivity index is 1.70. The van der Waals surface area contributed by atoms with Gasteiger partial charge < -0.3 is 10.1 Å². The zero-order valence-corrected chi connectivity index (χ0v) is 12.0. The van der Waals surface area contributed by atoms with Gasteiger partial charge >= 0.3 is 0 Å². The summed E-state index contributed by atoms with van der Waals surface area (Å²) in [4.78, 5) is 16.8. The summed E-state index contributed by atoms with van der Waals surface area (Å²) in [6, 6.07) is 7.87. The number of hydrogen-bond acceptors (Lipinski definition) is 3. The first-order chi connectivity index (χ1) is 9.57. The fourth-order valence-corrected chi connectivity index (χ4v) is 3.12. The van der Waals surface area contributed by atoms with Gasteiger partial charge in [-0.1, -0.05) is 24.1 Å². The van der Waals surface area contributed by atoms with Gasteiger partial charge in [0.2, 0.25) is 5.91 Å². The van der Waals surface area contributed by atoms with E-state index in [1.54, 1.807) is 0 Å². The third-order valence-electron chi connectivity index (χ3n) is 4.30. The number of hydrogen-bond donors (Lipinski definition) is 1. The van der Waals surface area contributed by atoms with E-state index >= 15 is 0 Å². The minimum atomic E-state index is -0.228. The number of nitrogens with zero attached hydrogens (tertiary/aromatic N) is 1. The molecule has 2 aliphatic rings. The third-order valence-corrected chi connectivity index (χ3v) is 4.30. The highest BCUT2D eigenvalue weighted by Gasteiger charge is 2.46. The van der Waals surface area contributed by atoms with Crippen molar-refractivity contribution in [3.8, 4) is 5.75 Å². The van der Waals surface area contributed by atoms with Crippen LogP contribution in [0.3, 0.4) is 0 Å². The maximum absolute atomic E-state index is 12.1. The molecule has 20 heavy (non-hydrogen) atoms. The van der Waals surface area contributed by atoms with Crippen LogP contribution in [0.2, 0.25) is 0 Å². The maximum Gasteiger partial charge on any atom is 0.230 e. The largest absolute Gasteiger partial charge is 0.486 e. The van der Waals surface area contributed by atoms with Crippen LogP contribution in [0.4, 0.5) is 0 Å². The van der Waals surface area contributed by atoms with Gasteiger partial charge in [-0.3, -0.25) is 9.79 Å². The molecule has 0 radical (unpaired) electrons. The Bertz CT molecular complexity index is 550. The molecule has 1 aliphatic carbocycles. The van der Waals surface area contributed by atoms with Crippen molar-refractivity contribution in [1.82, 2.24) is 5.32 Å². The summed E-state index contributed by atoms with van der Waals surface area (Å²) in [6.45, 7) is 4.43. The SMILES string of the molecule is Cc1ccc(OCC2=NC3(C)CCCC3C(=O)N2)cc1. The Morgan fingerprint density at radius 2 is 2.15 bits per heavy atom. The first-order valence-corrected chi connectivity index (χ1v) is 7.16. The number of benzene rings is 1. The smallest absolute Gasteiger partial charge is 0.230 e. The zero-order chi connectivity index (χ0) is 14.2. The van der Waals surface area contributed by atoms with Crippen LogP contribution in [0.5, 0.6) is 5.75 Å². The Morgan fingerprint density at radius 1 is 1.40 bits per heavy atom. The minimum absolute atomic E-state index is 0.0330. The molecule has 3 rings (SSSR count). The number of rotatable bonds is 3. The lowest BCUT2D eigenvalue weighted by Gasteiger charge is -2.32. The van der Waals surface area contributed by atoms with Crippen molar-refractivity contribution in [2.45, 2.75) is 38.6 Å². The summed E-state index contributed by atoms with van der Waals surface area (Å²) < 4.78 is 5.70. The van der Waals surface area contributed by atoms with Crippen LogP contribution in [0.1, 0.15) is 31.7 Å². The first-order valence-electron chi connectivity index (χ1n) is 7.16. The van der Waals surface area contributed by atoms with Crippen LogP contribution in [-0.4, -0.2) is 23.9 Å². The van der Waals surface area contributed by atoms with Crippen molar-refractivity contribution in [1.29, 1.82) is 0 Å². The van der Waals surface area contributed by atoms with Crippen molar-refractivity contribution < 1.29 is 9.53 Å². The highest BCUT2D eigenvalue weighted by Crippen LogP contribution is 2.40. The summed E-state index contributed by atoms with van der Waals surface area (Å²) in [5.41, 5.74) is 0.968. The molecule has 4 heteroatoms. The molecule has 0 spiro atoms. The molecule has 1 fully saturated rings. The second-order valence-electron chi connectivity index (χ2n) is 5.95. The predicted octanol–water partition coefficient (Wildman–Crippen LogP) is 2.46. The molecule has 2 atom stereocenters. The molecule has 1 saturated carbocycles. The van der Waals surface area contributed by atoms with Crippen LogP contribution in [0.15, 0.2) is 29.3 Å². The summed E-state index contributed by atoms with van der Waals surface area (Å²) in [5, 5.41) is 2.88. The number of carbonyl (C=O) groups is 1. The van der Waals surface area contributed by atoms with Gasteiger partial charge in [-0.05, 0) is 38.8 Å². The van der Waals surface area contributed by atoms with Crippen LogP contribution in [0.25, 0.3) is 0 Å². The van der Waals surface area contributed by atoms with E-state index in [4.69, 9.17) is 9.73 Å². The van der Waals surface area contributed by atoms with Gasteiger partial charge in [0.1, 0.15) is 18.2 Å². The van der Waals surface area contributed by atoms with E-state index in [-0.39, 0.29) is 17.4 Å². The Labute approximate surface area is 119 Å². The second kappa shape index (κ2) is 4.93. The van der Waals surface area contributed by atoms with E-state index in [0.717, 1.165) is 25.0 Å². The monoisotopic (exact) mass is 272 g/mol. The number of aliphatic imine (C=N–C) groups is 1. The lowest BCUT2D eigenvalue weighted by Crippen LogP contribution is -2.50. The van der Waals surface area contributed by atoms with Gasteiger partial charge in [0.05, 0.1) is 11.5 Å². The number of fused-ring (bicyclic) bond motifs is 1. The lowest BCUT2D eigenvalue weighted by molar-refractivity contribution is -0.125. The highest BCUT2D eigenvalue weighted by molar-refractivity contribution is 6.02. The van der Waals surface area contributed by atoms with E-state index in [9.17, 15) is 4.79 Å².